The zero-order valence-electron chi connectivity index (χ0n) is 15.1. The molecule has 4 rings (SSSR count). The van der Waals surface area contributed by atoms with Gasteiger partial charge in [0.15, 0.2) is 5.69 Å². The summed E-state index contributed by atoms with van der Waals surface area (Å²) in [5, 5.41) is 14.0. The van der Waals surface area contributed by atoms with Crippen LogP contribution in [0.2, 0.25) is 0 Å². The molecule has 2 heterocycles. The average molecular weight is 353 g/mol. The van der Waals surface area contributed by atoms with Crippen LogP contribution in [0, 0.1) is 18.8 Å². The standard InChI is InChI=1S/C20H23N3O3/c1-12-6-3-4-8-16(12)23-17-9-5-7-14(17)18(21-23)19(24)22-10-13(2)15(11-22)20(25)26/h3-4,6,8,13,15H,5,7,9-11H2,1-2H3,(H,25,26)/t13-,15-/m1/s1. The summed E-state index contributed by atoms with van der Waals surface area (Å²) in [5.41, 5.74) is 4.76. The molecule has 0 saturated carbocycles. The van der Waals surface area contributed by atoms with Crippen molar-refractivity contribution in [1.82, 2.24) is 14.7 Å². The second kappa shape index (κ2) is 6.27. The maximum absolute atomic E-state index is 13.1. The molecular formula is C20H23N3O3. The number of aliphatic carboxylic acids is 1. The molecule has 1 aliphatic heterocycles. The van der Waals surface area contributed by atoms with E-state index >= 15 is 0 Å². The third kappa shape index (κ3) is 2.60. The van der Waals surface area contributed by atoms with Crippen LogP contribution in [0.25, 0.3) is 5.69 Å². The Balaban J connectivity index is 1.70. The van der Waals surface area contributed by atoms with Crippen molar-refractivity contribution >= 4 is 11.9 Å². The number of nitrogens with zero attached hydrogens (tertiary/aromatic N) is 3. The molecule has 0 radical (unpaired) electrons. The number of carboxylic acid groups (broad SMARTS) is 1. The van der Waals surface area contributed by atoms with Gasteiger partial charge in [0.2, 0.25) is 0 Å². The Morgan fingerprint density at radius 3 is 2.65 bits per heavy atom. The molecule has 0 unspecified atom stereocenters. The number of fused-ring (bicyclic) bond motifs is 1. The number of hydrogen-bond donors (Lipinski definition) is 1. The first kappa shape index (κ1) is 16.8. The fraction of sp³-hybridized carbons (Fsp3) is 0.450. The van der Waals surface area contributed by atoms with Crippen molar-refractivity contribution in [2.24, 2.45) is 11.8 Å². The summed E-state index contributed by atoms with van der Waals surface area (Å²) < 4.78 is 1.92. The predicted molar refractivity (Wildman–Crippen MR) is 96.5 cm³/mol. The van der Waals surface area contributed by atoms with Gasteiger partial charge in [-0.15, -0.1) is 0 Å². The van der Waals surface area contributed by atoms with Gasteiger partial charge in [0, 0.05) is 24.3 Å². The molecule has 6 nitrogen and oxygen atoms in total. The molecule has 6 heteroatoms. The fourth-order valence-corrected chi connectivity index (χ4v) is 4.21. The van der Waals surface area contributed by atoms with Crippen molar-refractivity contribution in [1.29, 1.82) is 0 Å². The Kier molecular flexibility index (Phi) is 4.05. The molecule has 1 aromatic heterocycles. The fourth-order valence-electron chi connectivity index (χ4n) is 4.21. The number of aryl methyl sites for hydroxylation is 1. The minimum absolute atomic E-state index is 0.0389. The molecule has 1 aromatic carbocycles. The number of amides is 1. The van der Waals surface area contributed by atoms with Crippen LogP contribution >= 0.6 is 0 Å². The first-order chi connectivity index (χ1) is 12.5. The number of carbonyl (C=O) groups excluding carboxylic acids is 1. The van der Waals surface area contributed by atoms with E-state index in [1.54, 1.807) is 4.90 Å². The highest BCUT2D eigenvalue weighted by Gasteiger charge is 2.39. The molecule has 2 aromatic rings. The van der Waals surface area contributed by atoms with Gasteiger partial charge in [-0.05, 0) is 43.7 Å². The van der Waals surface area contributed by atoms with E-state index < -0.39 is 11.9 Å². The van der Waals surface area contributed by atoms with Crippen molar-refractivity contribution < 1.29 is 14.7 Å². The Morgan fingerprint density at radius 2 is 1.96 bits per heavy atom. The second-order valence-corrected chi connectivity index (χ2v) is 7.46. The SMILES string of the molecule is Cc1ccccc1-n1nc(C(=O)N2C[C@@H](C)[C@H](C(=O)O)C2)c2c1CCC2. The normalized spacial score (nSPS) is 21.8. The topological polar surface area (TPSA) is 75.4 Å². The molecule has 1 aliphatic carbocycles. The van der Waals surface area contributed by atoms with Gasteiger partial charge < -0.3 is 10.0 Å². The molecule has 0 spiro atoms. The number of rotatable bonds is 3. The summed E-state index contributed by atoms with van der Waals surface area (Å²) in [5.74, 6) is -1.50. The van der Waals surface area contributed by atoms with E-state index in [0.29, 0.717) is 12.2 Å². The molecule has 26 heavy (non-hydrogen) atoms. The van der Waals surface area contributed by atoms with Gasteiger partial charge in [0.1, 0.15) is 0 Å². The average Bonchev–Trinajstić information content (AvgIpc) is 3.29. The number of carboxylic acids is 1. The zero-order valence-corrected chi connectivity index (χ0v) is 15.1. The molecule has 1 fully saturated rings. The highest BCUT2D eigenvalue weighted by atomic mass is 16.4. The van der Waals surface area contributed by atoms with Gasteiger partial charge in [-0.2, -0.15) is 5.10 Å². The van der Waals surface area contributed by atoms with Crippen LogP contribution in [0.1, 0.15) is 40.7 Å². The number of para-hydroxylation sites is 1. The first-order valence-corrected chi connectivity index (χ1v) is 9.16. The van der Waals surface area contributed by atoms with Crippen molar-refractivity contribution in [2.75, 3.05) is 13.1 Å². The van der Waals surface area contributed by atoms with Crippen LogP contribution in [-0.4, -0.2) is 44.8 Å². The number of hydrogen-bond acceptors (Lipinski definition) is 3. The highest BCUT2D eigenvalue weighted by molar-refractivity contribution is 5.95. The van der Waals surface area contributed by atoms with Gasteiger partial charge in [-0.25, -0.2) is 4.68 Å². The van der Waals surface area contributed by atoms with Gasteiger partial charge in [0.25, 0.3) is 5.91 Å². The minimum Gasteiger partial charge on any atom is -0.481 e. The molecule has 0 bridgehead atoms. The van der Waals surface area contributed by atoms with Crippen LogP contribution in [-0.2, 0) is 17.6 Å². The Morgan fingerprint density at radius 1 is 1.19 bits per heavy atom. The van der Waals surface area contributed by atoms with E-state index in [4.69, 9.17) is 0 Å². The summed E-state index contributed by atoms with van der Waals surface area (Å²) in [6.45, 7) is 4.67. The maximum Gasteiger partial charge on any atom is 0.308 e. The van der Waals surface area contributed by atoms with Gasteiger partial charge >= 0.3 is 5.97 Å². The predicted octanol–water partition coefficient (Wildman–Crippen LogP) is 2.46. The molecule has 1 N–H and O–H groups in total. The van der Waals surface area contributed by atoms with Crippen molar-refractivity contribution in [3.63, 3.8) is 0 Å². The van der Waals surface area contributed by atoms with E-state index in [1.165, 1.54) is 0 Å². The number of benzene rings is 1. The van der Waals surface area contributed by atoms with Crippen LogP contribution in [0.3, 0.4) is 0 Å². The van der Waals surface area contributed by atoms with Gasteiger partial charge in [0.05, 0.1) is 11.6 Å². The molecule has 1 amide bonds. The van der Waals surface area contributed by atoms with E-state index in [0.717, 1.165) is 41.8 Å². The smallest absolute Gasteiger partial charge is 0.308 e. The van der Waals surface area contributed by atoms with Crippen LogP contribution < -0.4 is 0 Å². The van der Waals surface area contributed by atoms with E-state index in [9.17, 15) is 14.7 Å². The third-order valence-corrected chi connectivity index (χ3v) is 5.69. The molecule has 2 aliphatic rings. The zero-order chi connectivity index (χ0) is 18.4. The Bertz CT molecular complexity index is 886. The Labute approximate surface area is 152 Å². The van der Waals surface area contributed by atoms with Crippen molar-refractivity contribution in [2.45, 2.75) is 33.1 Å². The molecule has 136 valence electrons. The first-order valence-electron chi connectivity index (χ1n) is 9.16. The lowest BCUT2D eigenvalue weighted by Crippen LogP contribution is -2.31. The summed E-state index contributed by atoms with van der Waals surface area (Å²) in [6, 6.07) is 8.03. The highest BCUT2D eigenvalue weighted by Crippen LogP contribution is 2.31. The molecular weight excluding hydrogens is 330 g/mol. The van der Waals surface area contributed by atoms with Crippen molar-refractivity contribution in [3.8, 4) is 5.69 Å². The number of carbonyl (C=O) groups is 2. The summed E-state index contributed by atoms with van der Waals surface area (Å²) >= 11 is 0. The van der Waals surface area contributed by atoms with E-state index in [-0.39, 0.29) is 18.4 Å². The number of aromatic nitrogens is 2. The maximum atomic E-state index is 13.1. The van der Waals surface area contributed by atoms with E-state index in [1.807, 2.05) is 42.8 Å². The van der Waals surface area contributed by atoms with Crippen LogP contribution in [0.4, 0.5) is 0 Å². The quantitative estimate of drug-likeness (QED) is 0.920. The summed E-state index contributed by atoms with van der Waals surface area (Å²) in [6.07, 6.45) is 2.79. The van der Waals surface area contributed by atoms with Crippen LogP contribution in [0.5, 0.6) is 0 Å². The molecule has 2 atom stereocenters. The largest absolute Gasteiger partial charge is 0.481 e. The third-order valence-electron chi connectivity index (χ3n) is 5.69. The lowest BCUT2D eigenvalue weighted by atomic mass is 9.99. The lowest BCUT2D eigenvalue weighted by Gasteiger charge is -2.15. The number of likely N-dealkylation sites (tertiary alicyclic amines) is 1. The summed E-state index contributed by atoms with van der Waals surface area (Å²) in [7, 11) is 0. The summed E-state index contributed by atoms with van der Waals surface area (Å²) in [4.78, 5) is 26.1. The minimum atomic E-state index is -0.830. The monoisotopic (exact) mass is 353 g/mol. The van der Waals surface area contributed by atoms with Crippen molar-refractivity contribution in [3.05, 3.63) is 46.8 Å². The van der Waals surface area contributed by atoms with Gasteiger partial charge in [-0.1, -0.05) is 25.1 Å². The lowest BCUT2D eigenvalue weighted by molar-refractivity contribution is -0.142. The molecule has 1 saturated heterocycles. The Hall–Kier alpha value is -2.63. The van der Waals surface area contributed by atoms with Crippen LogP contribution in [0.15, 0.2) is 24.3 Å². The second-order valence-electron chi connectivity index (χ2n) is 7.46. The van der Waals surface area contributed by atoms with E-state index in [2.05, 4.69) is 5.10 Å². The van der Waals surface area contributed by atoms with Gasteiger partial charge in [-0.3, -0.25) is 9.59 Å².